The second kappa shape index (κ2) is 5.62. The van der Waals surface area contributed by atoms with Gasteiger partial charge in [-0.1, -0.05) is 30.3 Å². The molecule has 0 bridgehead atoms. The zero-order valence-corrected chi connectivity index (χ0v) is 10.4. The van der Waals surface area contributed by atoms with Crippen molar-refractivity contribution in [1.29, 1.82) is 0 Å². The number of benzene rings is 1. The molecule has 108 valence electrons. The van der Waals surface area contributed by atoms with Crippen LogP contribution in [0.3, 0.4) is 0 Å². The third-order valence-corrected chi connectivity index (χ3v) is 3.00. The van der Waals surface area contributed by atoms with Crippen LogP contribution < -0.4 is 0 Å². The Morgan fingerprint density at radius 3 is 2.45 bits per heavy atom. The molecule has 1 aromatic carbocycles. The monoisotopic (exact) mass is 287 g/mol. The average molecular weight is 287 g/mol. The predicted octanol–water partition coefficient (Wildman–Crippen LogP) is 2.35. The number of nitrogens with zero attached hydrogens (tertiary/aromatic N) is 1. The summed E-state index contributed by atoms with van der Waals surface area (Å²) in [6, 6.07) is 7.34. The maximum absolute atomic E-state index is 12.2. The van der Waals surface area contributed by atoms with Gasteiger partial charge in [0.2, 0.25) is 0 Å². The number of ketones is 1. The Hall–Kier alpha value is -1.89. The summed E-state index contributed by atoms with van der Waals surface area (Å²) in [5.41, 5.74) is 0.382. The van der Waals surface area contributed by atoms with E-state index in [1.54, 1.807) is 30.3 Å². The molecule has 7 heteroatoms. The topological polar surface area (TPSA) is 46.6 Å². The van der Waals surface area contributed by atoms with Gasteiger partial charge in [0, 0.05) is 12.1 Å². The fourth-order valence-corrected chi connectivity index (χ4v) is 2.06. The summed E-state index contributed by atoms with van der Waals surface area (Å²) in [5.74, 6) is -2.65. The van der Waals surface area contributed by atoms with Crippen molar-refractivity contribution in [3.8, 4) is 0 Å². The summed E-state index contributed by atoms with van der Waals surface area (Å²) >= 11 is 0. The van der Waals surface area contributed by atoms with Gasteiger partial charge in [-0.2, -0.15) is 13.2 Å². The molecular formula is C13H12F3NO3. The Bertz CT molecular complexity index is 501. The van der Waals surface area contributed by atoms with E-state index in [0.717, 1.165) is 5.06 Å². The number of carbonyl (C=O) groups excluding carboxylic acids is 2. The molecule has 1 aromatic rings. The third kappa shape index (κ3) is 3.16. The van der Waals surface area contributed by atoms with Crippen LogP contribution in [0.2, 0.25) is 0 Å². The Balaban J connectivity index is 2.08. The minimum absolute atomic E-state index is 0.116. The van der Waals surface area contributed by atoms with Crippen molar-refractivity contribution < 1.29 is 27.6 Å². The van der Waals surface area contributed by atoms with Gasteiger partial charge in [-0.05, 0) is 12.8 Å². The minimum Gasteiger partial charge on any atom is -0.360 e. The number of hydrogen-bond acceptors (Lipinski definition) is 4. The molecule has 0 aliphatic carbocycles. The lowest BCUT2D eigenvalue weighted by atomic mass is 10.0. The normalized spacial score (nSPS) is 19.9. The van der Waals surface area contributed by atoms with Gasteiger partial charge >= 0.3 is 12.1 Å². The zero-order valence-electron chi connectivity index (χ0n) is 10.4. The van der Waals surface area contributed by atoms with Gasteiger partial charge in [-0.15, -0.1) is 5.06 Å². The van der Waals surface area contributed by atoms with Crippen molar-refractivity contribution in [2.24, 2.45) is 0 Å². The molecule has 1 saturated heterocycles. The molecule has 20 heavy (non-hydrogen) atoms. The molecule has 0 saturated carbocycles. The fourth-order valence-electron chi connectivity index (χ4n) is 2.06. The Labute approximate surface area is 113 Å². The Morgan fingerprint density at radius 2 is 1.85 bits per heavy atom. The molecule has 1 heterocycles. The molecule has 0 spiro atoms. The summed E-state index contributed by atoms with van der Waals surface area (Å²) < 4.78 is 36.5. The Morgan fingerprint density at radius 1 is 1.20 bits per heavy atom. The lowest BCUT2D eigenvalue weighted by Crippen LogP contribution is -2.41. The maximum Gasteiger partial charge on any atom is 0.492 e. The Kier molecular flexibility index (Phi) is 4.08. The molecule has 1 aliphatic rings. The molecular weight excluding hydrogens is 275 g/mol. The van der Waals surface area contributed by atoms with Crippen molar-refractivity contribution in [2.75, 3.05) is 6.54 Å². The lowest BCUT2D eigenvalue weighted by molar-refractivity contribution is -0.238. The van der Waals surface area contributed by atoms with Crippen molar-refractivity contribution in [1.82, 2.24) is 5.06 Å². The minimum atomic E-state index is -5.07. The largest absolute Gasteiger partial charge is 0.492 e. The van der Waals surface area contributed by atoms with Crippen LogP contribution in [0.25, 0.3) is 0 Å². The number of carbonyl (C=O) groups is 2. The van der Waals surface area contributed by atoms with E-state index in [1.165, 1.54) is 0 Å². The molecule has 1 atom stereocenters. The number of halogens is 3. The molecule has 1 fully saturated rings. The quantitative estimate of drug-likeness (QED) is 0.801. The first kappa shape index (κ1) is 14.5. The molecule has 0 aromatic heterocycles. The number of hydrogen-bond donors (Lipinski definition) is 0. The van der Waals surface area contributed by atoms with Crippen molar-refractivity contribution in [2.45, 2.75) is 25.1 Å². The summed E-state index contributed by atoms with van der Waals surface area (Å²) in [6.07, 6.45) is -4.21. The van der Waals surface area contributed by atoms with E-state index in [2.05, 4.69) is 4.84 Å². The van der Waals surface area contributed by atoms with Crippen LogP contribution in [-0.2, 0) is 9.63 Å². The number of hydroxylamine groups is 2. The van der Waals surface area contributed by atoms with Crippen LogP contribution >= 0.6 is 0 Å². The highest BCUT2D eigenvalue weighted by Crippen LogP contribution is 2.24. The lowest BCUT2D eigenvalue weighted by Gasteiger charge is -2.22. The van der Waals surface area contributed by atoms with E-state index in [0.29, 0.717) is 18.4 Å². The standard InChI is InChI=1S/C13H12F3NO3/c14-13(15,16)12(19)20-17-8-4-7-10(17)11(18)9-5-2-1-3-6-9/h1-3,5-6,10H,4,7-8H2/t10-/m0/s1. The fraction of sp³-hybridized carbons (Fsp3) is 0.385. The molecule has 4 nitrogen and oxygen atoms in total. The highest BCUT2D eigenvalue weighted by atomic mass is 19.4. The van der Waals surface area contributed by atoms with Gasteiger partial charge in [0.05, 0.1) is 0 Å². The first-order valence-electron chi connectivity index (χ1n) is 6.04. The summed E-state index contributed by atoms with van der Waals surface area (Å²) in [5, 5.41) is 0.825. The predicted molar refractivity (Wildman–Crippen MR) is 62.6 cm³/mol. The van der Waals surface area contributed by atoms with E-state index < -0.39 is 18.2 Å². The van der Waals surface area contributed by atoms with Gasteiger partial charge in [0.25, 0.3) is 0 Å². The SMILES string of the molecule is O=C(c1ccccc1)[C@@H]1CCCN1OC(=O)C(F)(F)F. The van der Waals surface area contributed by atoms with E-state index in [-0.39, 0.29) is 12.3 Å². The van der Waals surface area contributed by atoms with Crippen LogP contribution in [0, 0.1) is 0 Å². The smallest absolute Gasteiger partial charge is 0.360 e. The molecule has 2 rings (SSSR count). The molecule has 0 N–H and O–H groups in total. The van der Waals surface area contributed by atoms with E-state index in [9.17, 15) is 22.8 Å². The second-order valence-corrected chi connectivity index (χ2v) is 4.41. The zero-order chi connectivity index (χ0) is 14.8. The number of Topliss-reactive ketones (excluding diaryl/α,β-unsaturated/α-hetero) is 1. The first-order chi connectivity index (χ1) is 9.39. The van der Waals surface area contributed by atoms with Crippen molar-refractivity contribution in [3.63, 3.8) is 0 Å². The van der Waals surface area contributed by atoms with Gasteiger partial charge < -0.3 is 4.84 Å². The van der Waals surface area contributed by atoms with Crippen LogP contribution in [0.4, 0.5) is 13.2 Å². The van der Waals surface area contributed by atoms with Crippen LogP contribution in [-0.4, -0.2) is 35.6 Å². The van der Waals surface area contributed by atoms with E-state index in [4.69, 9.17) is 0 Å². The van der Waals surface area contributed by atoms with Gasteiger partial charge in [-0.25, -0.2) is 4.79 Å². The summed E-state index contributed by atoms with van der Waals surface area (Å²) in [7, 11) is 0. The highest BCUT2D eigenvalue weighted by molar-refractivity contribution is 6.00. The average Bonchev–Trinajstić information content (AvgIpc) is 2.86. The first-order valence-corrected chi connectivity index (χ1v) is 6.04. The third-order valence-electron chi connectivity index (χ3n) is 3.00. The highest BCUT2D eigenvalue weighted by Gasteiger charge is 2.45. The van der Waals surface area contributed by atoms with Crippen LogP contribution in [0.1, 0.15) is 23.2 Å². The summed E-state index contributed by atoms with van der Waals surface area (Å²) in [6.45, 7) is 0.116. The van der Waals surface area contributed by atoms with Crippen molar-refractivity contribution >= 4 is 11.8 Å². The molecule has 1 aliphatic heterocycles. The number of rotatable bonds is 3. The van der Waals surface area contributed by atoms with Crippen LogP contribution in [0.5, 0.6) is 0 Å². The van der Waals surface area contributed by atoms with Crippen molar-refractivity contribution in [3.05, 3.63) is 35.9 Å². The van der Waals surface area contributed by atoms with Crippen LogP contribution in [0.15, 0.2) is 30.3 Å². The van der Waals surface area contributed by atoms with E-state index in [1.807, 2.05) is 0 Å². The van der Waals surface area contributed by atoms with Gasteiger partial charge in [-0.3, -0.25) is 4.79 Å². The second-order valence-electron chi connectivity index (χ2n) is 4.41. The number of alkyl halides is 3. The summed E-state index contributed by atoms with van der Waals surface area (Å²) in [4.78, 5) is 27.3. The van der Waals surface area contributed by atoms with Gasteiger partial charge in [0.15, 0.2) is 5.78 Å². The molecule has 0 unspecified atom stereocenters. The van der Waals surface area contributed by atoms with E-state index >= 15 is 0 Å². The maximum atomic E-state index is 12.2. The molecule has 0 amide bonds. The molecule has 0 radical (unpaired) electrons. The van der Waals surface area contributed by atoms with Gasteiger partial charge in [0.1, 0.15) is 6.04 Å².